The number of rotatable bonds is 5. The van der Waals surface area contributed by atoms with Crippen molar-refractivity contribution in [3.05, 3.63) is 65.7 Å². The summed E-state index contributed by atoms with van der Waals surface area (Å²) in [6, 6.07) is 15.7. The van der Waals surface area contributed by atoms with Crippen molar-refractivity contribution in [1.29, 1.82) is 0 Å². The van der Waals surface area contributed by atoms with E-state index in [1.807, 2.05) is 30.3 Å². The van der Waals surface area contributed by atoms with E-state index in [4.69, 9.17) is 4.74 Å². The van der Waals surface area contributed by atoms with Crippen LogP contribution in [0.3, 0.4) is 0 Å². The molecule has 2 aromatic carbocycles. The minimum absolute atomic E-state index is 0.182. The lowest BCUT2D eigenvalue weighted by Gasteiger charge is -2.11. The third kappa shape index (κ3) is 3.76. The summed E-state index contributed by atoms with van der Waals surface area (Å²) in [5, 5.41) is 9.21. The van der Waals surface area contributed by atoms with Crippen LogP contribution in [0, 0.1) is 0 Å². The molecule has 1 unspecified atom stereocenters. The summed E-state index contributed by atoms with van der Waals surface area (Å²) in [6.07, 6.45) is -4.53. The van der Waals surface area contributed by atoms with Crippen LogP contribution in [0.4, 0.5) is 8.78 Å². The van der Waals surface area contributed by atoms with Gasteiger partial charge in [-0.25, -0.2) is 8.78 Å². The number of aliphatic hydroxyl groups excluding tert-OH is 1. The minimum atomic E-state index is -2.78. The molecule has 0 bridgehead atoms. The molecule has 0 saturated carbocycles. The van der Waals surface area contributed by atoms with Gasteiger partial charge in [0, 0.05) is 0 Å². The number of aliphatic hydroxyl groups is 1. The third-order valence-electron chi connectivity index (χ3n) is 2.71. The summed E-state index contributed by atoms with van der Waals surface area (Å²) in [7, 11) is 0. The Bertz CT molecular complexity index is 497. The molecule has 0 amide bonds. The highest BCUT2D eigenvalue weighted by atomic mass is 19.3. The molecular formula is C15H14F2O2. The topological polar surface area (TPSA) is 29.5 Å². The van der Waals surface area contributed by atoms with Crippen molar-refractivity contribution in [1.82, 2.24) is 0 Å². The molecule has 0 aliphatic heterocycles. The quantitative estimate of drug-likeness (QED) is 0.894. The van der Waals surface area contributed by atoms with Gasteiger partial charge < -0.3 is 9.84 Å². The molecule has 0 spiro atoms. The van der Waals surface area contributed by atoms with Gasteiger partial charge in [-0.3, -0.25) is 0 Å². The first-order chi connectivity index (χ1) is 9.16. The van der Waals surface area contributed by atoms with Crippen LogP contribution in [0.15, 0.2) is 54.6 Å². The van der Waals surface area contributed by atoms with E-state index in [2.05, 4.69) is 0 Å². The number of alkyl halides is 2. The maximum Gasteiger partial charge on any atom is 0.268 e. The van der Waals surface area contributed by atoms with Gasteiger partial charge in [0.1, 0.15) is 18.5 Å². The summed E-state index contributed by atoms with van der Waals surface area (Å²) in [6.45, 7) is 0.414. The fourth-order valence-electron chi connectivity index (χ4n) is 1.65. The summed E-state index contributed by atoms with van der Waals surface area (Å²) in [5.74, 6) is 0.578. The second-order valence-corrected chi connectivity index (χ2v) is 4.12. The van der Waals surface area contributed by atoms with Crippen LogP contribution >= 0.6 is 0 Å². The highest BCUT2D eigenvalue weighted by Gasteiger charge is 2.18. The Labute approximate surface area is 110 Å². The van der Waals surface area contributed by atoms with Crippen molar-refractivity contribution in [2.24, 2.45) is 0 Å². The predicted octanol–water partition coefficient (Wildman–Crippen LogP) is 3.56. The van der Waals surface area contributed by atoms with Gasteiger partial charge in [-0.1, -0.05) is 42.5 Å². The fourth-order valence-corrected chi connectivity index (χ4v) is 1.65. The first-order valence-corrected chi connectivity index (χ1v) is 5.90. The Morgan fingerprint density at radius 1 is 0.947 bits per heavy atom. The second-order valence-electron chi connectivity index (χ2n) is 4.12. The summed E-state index contributed by atoms with van der Waals surface area (Å²) >= 11 is 0. The first-order valence-electron chi connectivity index (χ1n) is 5.90. The van der Waals surface area contributed by atoms with Gasteiger partial charge in [-0.05, 0) is 23.3 Å². The zero-order valence-electron chi connectivity index (χ0n) is 10.2. The molecule has 1 atom stereocenters. The normalized spacial score (nSPS) is 12.4. The van der Waals surface area contributed by atoms with Gasteiger partial charge in [-0.2, -0.15) is 0 Å². The molecule has 2 rings (SSSR count). The molecule has 0 radical (unpaired) electrons. The van der Waals surface area contributed by atoms with Crippen LogP contribution in [-0.2, 0) is 6.61 Å². The third-order valence-corrected chi connectivity index (χ3v) is 2.71. The van der Waals surface area contributed by atoms with Crippen LogP contribution in [-0.4, -0.2) is 11.5 Å². The molecule has 2 nitrogen and oxygen atoms in total. The maximum absolute atomic E-state index is 12.3. The van der Waals surface area contributed by atoms with Crippen molar-refractivity contribution >= 4 is 0 Å². The molecule has 2 aromatic rings. The zero-order valence-corrected chi connectivity index (χ0v) is 10.2. The molecule has 0 aliphatic rings. The largest absolute Gasteiger partial charge is 0.489 e. The number of benzene rings is 2. The smallest absolute Gasteiger partial charge is 0.268 e. The Kier molecular flexibility index (Phi) is 4.47. The van der Waals surface area contributed by atoms with E-state index in [1.165, 1.54) is 12.1 Å². The van der Waals surface area contributed by atoms with Gasteiger partial charge in [0.2, 0.25) is 0 Å². The van der Waals surface area contributed by atoms with Crippen LogP contribution in [0.5, 0.6) is 5.75 Å². The summed E-state index contributed by atoms with van der Waals surface area (Å²) in [4.78, 5) is 0. The molecule has 100 valence electrons. The second kappa shape index (κ2) is 6.29. The Hall–Kier alpha value is -1.94. The Balaban J connectivity index is 1.96. The number of ether oxygens (including phenoxy) is 1. The van der Waals surface area contributed by atoms with Gasteiger partial charge >= 0.3 is 0 Å². The maximum atomic E-state index is 12.3. The van der Waals surface area contributed by atoms with Gasteiger partial charge in [0.25, 0.3) is 6.43 Å². The van der Waals surface area contributed by atoms with Crippen molar-refractivity contribution in [3.63, 3.8) is 0 Å². The van der Waals surface area contributed by atoms with Gasteiger partial charge in [0.05, 0.1) is 0 Å². The molecule has 19 heavy (non-hydrogen) atoms. The van der Waals surface area contributed by atoms with Crippen LogP contribution in [0.1, 0.15) is 17.2 Å². The number of halogens is 2. The SMILES string of the molecule is OC(c1ccc(OCc2ccccc2)cc1)C(F)F. The highest BCUT2D eigenvalue weighted by molar-refractivity contribution is 5.29. The average molecular weight is 264 g/mol. The number of hydrogen-bond acceptors (Lipinski definition) is 2. The van der Waals surface area contributed by atoms with E-state index in [1.54, 1.807) is 12.1 Å². The summed E-state index contributed by atoms with van der Waals surface area (Å²) < 4.78 is 30.1. The van der Waals surface area contributed by atoms with E-state index in [0.29, 0.717) is 12.4 Å². The number of hydrogen-bond donors (Lipinski definition) is 1. The van der Waals surface area contributed by atoms with Gasteiger partial charge in [0.15, 0.2) is 0 Å². The van der Waals surface area contributed by atoms with Crippen molar-refractivity contribution in [2.45, 2.75) is 19.1 Å². The highest BCUT2D eigenvalue weighted by Crippen LogP contribution is 2.23. The van der Waals surface area contributed by atoms with E-state index in [0.717, 1.165) is 5.56 Å². The van der Waals surface area contributed by atoms with Crippen LogP contribution in [0.2, 0.25) is 0 Å². The molecule has 0 aromatic heterocycles. The Morgan fingerprint density at radius 2 is 1.58 bits per heavy atom. The molecule has 0 aliphatic carbocycles. The molecular weight excluding hydrogens is 250 g/mol. The zero-order chi connectivity index (χ0) is 13.7. The standard InChI is InChI=1S/C15H14F2O2/c16-15(17)14(18)12-6-8-13(9-7-12)19-10-11-4-2-1-3-5-11/h1-9,14-15,18H,10H2. The molecule has 0 saturated heterocycles. The van der Waals surface area contributed by atoms with Crippen LogP contribution < -0.4 is 4.74 Å². The molecule has 4 heteroatoms. The van der Waals surface area contributed by atoms with E-state index in [-0.39, 0.29) is 5.56 Å². The van der Waals surface area contributed by atoms with E-state index < -0.39 is 12.5 Å². The van der Waals surface area contributed by atoms with Gasteiger partial charge in [-0.15, -0.1) is 0 Å². The lowest BCUT2D eigenvalue weighted by molar-refractivity contribution is -0.00580. The average Bonchev–Trinajstić information content (AvgIpc) is 2.46. The van der Waals surface area contributed by atoms with Crippen LogP contribution in [0.25, 0.3) is 0 Å². The van der Waals surface area contributed by atoms with E-state index >= 15 is 0 Å². The van der Waals surface area contributed by atoms with E-state index in [9.17, 15) is 13.9 Å². The minimum Gasteiger partial charge on any atom is -0.489 e. The summed E-state index contributed by atoms with van der Waals surface area (Å²) in [5.41, 5.74) is 1.21. The molecule has 1 N–H and O–H groups in total. The first kappa shape index (κ1) is 13.5. The predicted molar refractivity (Wildman–Crippen MR) is 68.2 cm³/mol. The Morgan fingerprint density at radius 3 is 2.16 bits per heavy atom. The monoisotopic (exact) mass is 264 g/mol. The lowest BCUT2D eigenvalue weighted by atomic mass is 10.1. The molecule has 0 fully saturated rings. The van der Waals surface area contributed by atoms with Crippen molar-refractivity contribution in [2.75, 3.05) is 0 Å². The fraction of sp³-hybridized carbons (Fsp3) is 0.200. The van der Waals surface area contributed by atoms with Crippen molar-refractivity contribution < 1.29 is 18.6 Å². The molecule has 0 heterocycles. The lowest BCUT2D eigenvalue weighted by Crippen LogP contribution is -2.07. The van der Waals surface area contributed by atoms with Crippen molar-refractivity contribution in [3.8, 4) is 5.75 Å².